The quantitative estimate of drug-likeness (QED) is 0.609. The maximum absolute atomic E-state index is 12.0. The van der Waals surface area contributed by atoms with Gasteiger partial charge in [0.2, 0.25) is 0 Å². The molecule has 0 atom stereocenters. The van der Waals surface area contributed by atoms with Crippen LogP contribution >= 0.6 is 0 Å². The van der Waals surface area contributed by atoms with Gasteiger partial charge in [-0.2, -0.15) is 10.2 Å². The van der Waals surface area contributed by atoms with Gasteiger partial charge in [0.15, 0.2) is 5.78 Å². The van der Waals surface area contributed by atoms with Gasteiger partial charge in [0.05, 0.1) is 17.0 Å². The smallest absolute Gasteiger partial charge is 0.189 e. The molecule has 0 aliphatic heterocycles. The van der Waals surface area contributed by atoms with Crippen molar-refractivity contribution in [3.63, 3.8) is 0 Å². The van der Waals surface area contributed by atoms with E-state index in [1.807, 2.05) is 33.2 Å². The lowest BCUT2D eigenvalue weighted by molar-refractivity contribution is 0.104. The molecule has 2 rings (SSSR count). The van der Waals surface area contributed by atoms with Crippen molar-refractivity contribution in [3.05, 3.63) is 41.5 Å². The topological polar surface area (TPSA) is 52.7 Å². The number of ketones is 1. The summed E-state index contributed by atoms with van der Waals surface area (Å²) >= 11 is 0. The van der Waals surface area contributed by atoms with Crippen LogP contribution in [-0.2, 0) is 13.6 Å². The van der Waals surface area contributed by atoms with Gasteiger partial charge in [0.1, 0.15) is 0 Å². The zero-order valence-corrected chi connectivity index (χ0v) is 10.8. The lowest BCUT2D eigenvalue weighted by atomic mass is 10.1. The van der Waals surface area contributed by atoms with E-state index in [4.69, 9.17) is 0 Å². The second kappa shape index (κ2) is 5.00. The lowest BCUT2D eigenvalue weighted by Gasteiger charge is -1.91. The first-order valence-electron chi connectivity index (χ1n) is 5.86. The predicted molar refractivity (Wildman–Crippen MR) is 69.2 cm³/mol. The van der Waals surface area contributed by atoms with Crippen molar-refractivity contribution in [2.45, 2.75) is 20.4 Å². The number of aromatic nitrogens is 4. The molecule has 0 saturated heterocycles. The fourth-order valence-corrected chi connectivity index (χ4v) is 1.69. The molecule has 0 aliphatic carbocycles. The molecule has 2 heterocycles. The van der Waals surface area contributed by atoms with E-state index in [9.17, 15) is 4.79 Å². The number of aryl methyl sites for hydroxylation is 3. The van der Waals surface area contributed by atoms with Crippen molar-refractivity contribution in [2.24, 2.45) is 7.05 Å². The first-order valence-corrected chi connectivity index (χ1v) is 5.86. The van der Waals surface area contributed by atoms with Gasteiger partial charge in [-0.3, -0.25) is 14.2 Å². The predicted octanol–water partition coefficient (Wildman–Crippen LogP) is 1.84. The van der Waals surface area contributed by atoms with Crippen LogP contribution < -0.4 is 0 Å². The number of carbonyl (C=O) groups is 1. The van der Waals surface area contributed by atoms with Gasteiger partial charge in [0.25, 0.3) is 0 Å². The second-order valence-electron chi connectivity index (χ2n) is 4.10. The third kappa shape index (κ3) is 2.56. The number of rotatable bonds is 4. The molecular weight excluding hydrogens is 228 g/mol. The Kier molecular flexibility index (Phi) is 3.41. The largest absolute Gasteiger partial charge is 0.289 e. The highest BCUT2D eigenvalue weighted by Crippen LogP contribution is 2.08. The van der Waals surface area contributed by atoms with Crippen LogP contribution in [0.1, 0.15) is 28.7 Å². The van der Waals surface area contributed by atoms with Gasteiger partial charge in [-0.15, -0.1) is 0 Å². The van der Waals surface area contributed by atoms with Gasteiger partial charge >= 0.3 is 0 Å². The first kappa shape index (κ1) is 12.3. The molecule has 2 aromatic rings. The van der Waals surface area contributed by atoms with Gasteiger partial charge in [-0.1, -0.05) is 0 Å². The maximum Gasteiger partial charge on any atom is 0.189 e. The average Bonchev–Trinajstić information content (AvgIpc) is 2.92. The second-order valence-corrected chi connectivity index (χ2v) is 4.10. The van der Waals surface area contributed by atoms with E-state index in [2.05, 4.69) is 10.2 Å². The molecule has 0 bridgehead atoms. The summed E-state index contributed by atoms with van der Waals surface area (Å²) in [5.74, 6) is -0.0437. The SMILES string of the molecule is CCn1cc(C(=O)/C=C/c2ccn(C)n2)c(C)n1. The third-order valence-electron chi connectivity index (χ3n) is 2.68. The third-order valence-corrected chi connectivity index (χ3v) is 2.68. The Bertz CT molecular complexity index is 592. The van der Waals surface area contributed by atoms with Gasteiger partial charge in [-0.25, -0.2) is 0 Å². The Morgan fingerprint density at radius 3 is 2.78 bits per heavy atom. The van der Waals surface area contributed by atoms with E-state index in [1.165, 1.54) is 6.08 Å². The Labute approximate surface area is 106 Å². The number of hydrogen-bond acceptors (Lipinski definition) is 3. The summed E-state index contributed by atoms with van der Waals surface area (Å²) in [5.41, 5.74) is 2.17. The van der Waals surface area contributed by atoms with E-state index in [0.29, 0.717) is 5.56 Å². The number of allylic oxidation sites excluding steroid dienone is 1. The van der Waals surface area contributed by atoms with Gasteiger partial charge in [-0.05, 0) is 32.1 Å². The summed E-state index contributed by atoms with van der Waals surface area (Å²) in [6.45, 7) is 4.59. The normalized spacial score (nSPS) is 11.3. The van der Waals surface area contributed by atoms with Crippen molar-refractivity contribution in [2.75, 3.05) is 0 Å². The molecule has 2 aromatic heterocycles. The fraction of sp³-hybridized carbons (Fsp3) is 0.308. The van der Waals surface area contributed by atoms with Crippen LogP contribution in [-0.4, -0.2) is 25.3 Å². The zero-order chi connectivity index (χ0) is 13.1. The molecule has 94 valence electrons. The van der Waals surface area contributed by atoms with Crippen LogP contribution in [0.4, 0.5) is 0 Å². The monoisotopic (exact) mass is 244 g/mol. The summed E-state index contributed by atoms with van der Waals surface area (Å²) in [4.78, 5) is 12.0. The summed E-state index contributed by atoms with van der Waals surface area (Å²) in [7, 11) is 1.84. The molecule has 5 nitrogen and oxygen atoms in total. The molecule has 0 saturated carbocycles. The van der Waals surface area contributed by atoms with Crippen molar-refractivity contribution in [1.82, 2.24) is 19.6 Å². The number of hydrogen-bond donors (Lipinski definition) is 0. The summed E-state index contributed by atoms with van der Waals surface area (Å²) in [6.07, 6.45) is 6.86. The van der Waals surface area contributed by atoms with E-state index < -0.39 is 0 Å². The first-order chi connectivity index (χ1) is 8.60. The van der Waals surface area contributed by atoms with Crippen molar-refractivity contribution < 1.29 is 4.79 Å². The van der Waals surface area contributed by atoms with Crippen molar-refractivity contribution >= 4 is 11.9 Å². The van der Waals surface area contributed by atoms with Crippen LogP contribution in [0.5, 0.6) is 0 Å². The van der Waals surface area contributed by atoms with Crippen LogP contribution in [0.2, 0.25) is 0 Å². The minimum atomic E-state index is -0.0437. The van der Waals surface area contributed by atoms with Gasteiger partial charge in [0, 0.05) is 26.0 Å². The Morgan fingerprint density at radius 2 is 2.22 bits per heavy atom. The van der Waals surface area contributed by atoms with Crippen molar-refractivity contribution in [1.29, 1.82) is 0 Å². The highest BCUT2D eigenvalue weighted by molar-refractivity contribution is 6.07. The Balaban J connectivity index is 2.16. The lowest BCUT2D eigenvalue weighted by Crippen LogP contribution is -1.95. The molecule has 0 spiro atoms. The fourth-order valence-electron chi connectivity index (χ4n) is 1.69. The summed E-state index contributed by atoms with van der Waals surface area (Å²) in [6, 6.07) is 1.85. The standard InChI is InChI=1S/C13H16N4O/c1-4-17-9-12(10(2)14-17)13(18)6-5-11-7-8-16(3)15-11/h5-9H,4H2,1-3H3/b6-5+. The molecule has 0 amide bonds. The van der Waals surface area contributed by atoms with Crippen LogP contribution in [0.25, 0.3) is 6.08 Å². The highest BCUT2D eigenvalue weighted by Gasteiger charge is 2.10. The van der Waals surface area contributed by atoms with Crippen molar-refractivity contribution in [3.8, 4) is 0 Å². The summed E-state index contributed by atoms with van der Waals surface area (Å²) in [5, 5.41) is 8.43. The molecule has 0 aliphatic rings. The zero-order valence-electron chi connectivity index (χ0n) is 10.8. The van der Waals surface area contributed by atoms with E-state index in [-0.39, 0.29) is 5.78 Å². The maximum atomic E-state index is 12.0. The van der Waals surface area contributed by atoms with Crippen LogP contribution in [0, 0.1) is 6.92 Å². The molecule has 0 radical (unpaired) electrons. The average molecular weight is 244 g/mol. The molecule has 0 fully saturated rings. The minimum Gasteiger partial charge on any atom is -0.289 e. The summed E-state index contributed by atoms with van der Waals surface area (Å²) < 4.78 is 3.46. The number of carbonyl (C=O) groups excluding carboxylic acids is 1. The molecule has 0 unspecified atom stereocenters. The molecule has 18 heavy (non-hydrogen) atoms. The molecule has 5 heteroatoms. The molecular formula is C13H16N4O. The van der Waals surface area contributed by atoms with E-state index in [0.717, 1.165) is 17.9 Å². The highest BCUT2D eigenvalue weighted by atomic mass is 16.1. The Hall–Kier alpha value is -2.17. The minimum absolute atomic E-state index is 0.0437. The Morgan fingerprint density at radius 1 is 1.44 bits per heavy atom. The van der Waals surface area contributed by atoms with Gasteiger partial charge < -0.3 is 0 Å². The van der Waals surface area contributed by atoms with E-state index >= 15 is 0 Å². The molecule has 0 aromatic carbocycles. The molecule has 0 N–H and O–H groups in total. The van der Waals surface area contributed by atoms with Crippen LogP contribution in [0.3, 0.4) is 0 Å². The number of nitrogens with zero attached hydrogens (tertiary/aromatic N) is 4. The van der Waals surface area contributed by atoms with Crippen LogP contribution in [0.15, 0.2) is 24.5 Å². The van der Waals surface area contributed by atoms with E-state index in [1.54, 1.807) is 21.6 Å².